The standard InChI is InChI=1S/C12H17NOS/c1-10(6-11-2-5-15-9-11)7-12-8-14-4-3-13-12/h2,5-6,9,12-13H,3-4,7-8H2,1H3/b10-6-. The minimum atomic E-state index is 0.494. The Labute approximate surface area is 95.0 Å². The first kappa shape index (κ1) is 10.9. The van der Waals surface area contributed by atoms with E-state index >= 15 is 0 Å². The molecule has 1 aliphatic rings. The third kappa shape index (κ3) is 3.45. The Bertz CT molecular complexity index is 312. The van der Waals surface area contributed by atoms with Gasteiger partial charge in [-0.15, -0.1) is 0 Å². The summed E-state index contributed by atoms with van der Waals surface area (Å²) in [6.07, 6.45) is 3.34. The molecule has 1 saturated heterocycles. The molecule has 0 amide bonds. The summed E-state index contributed by atoms with van der Waals surface area (Å²) in [5, 5.41) is 7.75. The van der Waals surface area contributed by atoms with Crippen molar-refractivity contribution in [3.8, 4) is 0 Å². The average Bonchev–Trinajstić information content (AvgIpc) is 2.71. The Morgan fingerprint density at radius 2 is 2.67 bits per heavy atom. The SMILES string of the molecule is C/C(=C/c1ccsc1)CC1COCCN1. The first-order valence-electron chi connectivity index (χ1n) is 5.35. The molecule has 2 nitrogen and oxygen atoms in total. The average molecular weight is 223 g/mol. The molecule has 1 aromatic heterocycles. The van der Waals surface area contributed by atoms with Crippen molar-refractivity contribution in [2.24, 2.45) is 0 Å². The fourth-order valence-corrected chi connectivity index (χ4v) is 2.46. The zero-order chi connectivity index (χ0) is 10.5. The largest absolute Gasteiger partial charge is 0.379 e. The smallest absolute Gasteiger partial charge is 0.0623 e. The third-order valence-corrected chi connectivity index (χ3v) is 3.22. The van der Waals surface area contributed by atoms with Crippen LogP contribution in [0.2, 0.25) is 0 Å². The van der Waals surface area contributed by atoms with Gasteiger partial charge in [-0.2, -0.15) is 11.3 Å². The Balaban J connectivity index is 1.88. The molecule has 0 radical (unpaired) electrons. The predicted octanol–water partition coefficient (Wildman–Crippen LogP) is 2.53. The van der Waals surface area contributed by atoms with Gasteiger partial charge in [-0.05, 0) is 35.7 Å². The fraction of sp³-hybridized carbons (Fsp3) is 0.500. The van der Waals surface area contributed by atoms with Gasteiger partial charge >= 0.3 is 0 Å². The van der Waals surface area contributed by atoms with E-state index in [9.17, 15) is 0 Å². The maximum Gasteiger partial charge on any atom is 0.0623 e. The van der Waals surface area contributed by atoms with Crippen molar-refractivity contribution in [2.45, 2.75) is 19.4 Å². The molecule has 1 fully saturated rings. The zero-order valence-electron chi connectivity index (χ0n) is 9.03. The fourth-order valence-electron chi connectivity index (χ4n) is 1.84. The highest BCUT2D eigenvalue weighted by Crippen LogP contribution is 2.14. The second kappa shape index (κ2) is 5.45. The molecule has 15 heavy (non-hydrogen) atoms. The Morgan fingerprint density at radius 3 is 3.33 bits per heavy atom. The van der Waals surface area contributed by atoms with Gasteiger partial charge in [0.15, 0.2) is 0 Å². The number of nitrogens with one attached hydrogen (secondary N) is 1. The van der Waals surface area contributed by atoms with Crippen molar-refractivity contribution >= 4 is 17.4 Å². The van der Waals surface area contributed by atoms with E-state index in [-0.39, 0.29) is 0 Å². The Morgan fingerprint density at radius 1 is 1.73 bits per heavy atom. The van der Waals surface area contributed by atoms with Gasteiger partial charge < -0.3 is 10.1 Å². The number of morpholine rings is 1. The molecule has 0 saturated carbocycles. The van der Waals surface area contributed by atoms with E-state index in [4.69, 9.17) is 4.74 Å². The summed E-state index contributed by atoms with van der Waals surface area (Å²) in [4.78, 5) is 0. The van der Waals surface area contributed by atoms with Crippen molar-refractivity contribution in [2.75, 3.05) is 19.8 Å². The molecular formula is C12H17NOS. The van der Waals surface area contributed by atoms with Crippen LogP contribution in [0.25, 0.3) is 6.08 Å². The molecule has 0 bridgehead atoms. The van der Waals surface area contributed by atoms with Gasteiger partial charge in [0.2, 0.25) is 0 Å². The van der Waals surface area contributed by atoms with E-state index in [0.717, 1.165) is 26.2 Å². The number of hydrogen-bond acceptors (Lipinski definition) is 3. The Hall–Kier alpha value is -0.640. The lowest BCUT2D eigenvalue weighted by atomic mass is 10.1. The molecule has 1 aromatic rings. The predicted molar refractivity (Wildman–Crippen MR) is 65.2 cm³/mol. The number of ether oxygens (including phenoxy) is 1. The first-order valence-corrected chi connectivity index (χ1v) is 6.29. The van der Waals surface area contributed by atoms with Gasteiger partial charge in [0.05, 0.1) is 13.2 Å². The molecule has 1 unspecified atom stereocenters. The van der Waals surface area contributed by atoms with Crippen LogP contribution in [-0.2, 0) is 4.74 Å². The second-order valence-electron chi connectivity index (χ2n) is 3.98. The van der Waals surface area contributed by atoms with Crippen molar-refractivity contribution in [3.05, 3.63) is 28.0 Å². The molecule has 0 aliphatic carbocycles. The highest BCUT2D eigenvalue weighted by atomic mass is 32.1. The lowest BCUT2D eigenvalue weighted by Crippen LogP contribution is -2.41. The van der Waals surface area contributed by atoms with Crippen molar-refractivity contribution in [1.29, 1.82) is 0 Å². The van der Waals surface area contributed by atoms with Gasteiger partial charge in [0.1, 0.15) is 0 Å². The number of hydrogen-bond donors (Lipinski definition) is 1. The van der Waals surface area contributed by atoms with Crippen LogP contribution in [0.4, 0.5) is 0 Å². The normalized spacial score (nSPS) is 23.0. The summed E-state index contributed by atoms with van der Waals surface area (Å²) in [5.74, 6) is 0. The monoisotopic (exact) mass is 223 g/mol. The number of thiophene rings is 1. The highest BCUT2D eigenvalue weighted by molar-refractivity contribution is 7.08. The summed E-state index contributed by atoms with van der Waals surface area (Å²) in [6, 6.07) is 2.65. The molecule has 0 aromatic carbocycles. The lowest BCUT2D eigenvalue weighted by Gasteiger charge is -2.23. The minimum absolute atomic E-state index is 0.494. The quantitative estimate of drug-likeness (QED) is 0.850. The summed E-state index contributed by atoms with van der Waals surface area (Å²) < 4.78 is 5.43. The van der Waals surface area contributed by atoms with Crippen molar-refractivity contribution in [3.63, 3.8) is 0 Å². The summed E-state index contributed by atoms with van der Waals surface area (Å²) in [5.41, 5.74) is 2.73. The Kier molecular flexibility index (Phi) is 3.94. The zero-order valence-corrected chi connectivity index (χ0v) is 9.85. The molecule has 2 heterocycles. The van der Waals surface area contributed by atoms with Crippen LogP contribution in [0.1, 0.15) is 18.9 Å². The summed E-state index contributed by atoms with van der Waals surface area (Å²) >= 11 is 1.74. The minimum Gasteiger partial charge on any atom is -0.379 e. The highest BCUT2D eigenvalue weighted by Gasteiger charge is 2.12. The van der Waals surface area contributed by atoms with Crippen LogP contribution in [0.15, 0.2) is 22.4 Å². The van der Waals surface area contributed by atoms with Gasteiger partial charge in [0, 0.05) is 12.6 Å². The molecular weight excluding hydrogens is 206 g/mol. The van der Waals surface area contributed by atoms with Crippen LogP contribution in [-0.4, -0.2) is 25.8 Å². The van der Waals surface area contributed by atoms with E-state index in [2.05, 4.69) is 35.1 Å². The van der Waals surface area contributed by atoms with E-state index < -0.39 is 0 Å². The molecule has 82 valence electrons. The van der Waals surface area contributed by atoms with Crippen LogP contribution >= 0.6 is 11.3 Å². The van der Waals surface area contributed by atoms with Gasteiger partial charge in [-0.3, -0.25) is 0 Å². The maximum absolute atomic E-state index is 5.43. The lowest BCUT2D eigenvalue weighted by molar-refractivity contribution is 0.0771. The molecule has 3 heteroatoms. The van der Waals surface area contributed by atoms with Crippen molar-refractivity contribution in [1.82, 2.24) is 5.32 Å². The van der Waals surface area contributed by atoms with E-state index in [0.29, 0.717) is 6.04 Å². The van der Waals surface area contributed by atoms with E-state index in [1.807, 2.05) is 0 Å². The van der Waals surface area contributed by atoms with Crippen LogP contribution in [0.3, 0.4) is 0 Å². The molecule has 1 N–H and O–H groups in total. The third-order valence-electron chi connectivity index (χ3n) is 2.52. The van der Waals surface area contributed by atoms with Gasteiger partial charge in [0.25, 0.3) is 0 Å². The van der Waals surface area contributed by atoms with Gasteiger partial charge in [-0.25, -0.2) is 0 Å². The molecule has 1 atom stereocenters. The summed E-state index contributed by atoms with van der Waals surface area (Å²) in [7, 11) is 0. The number of rotatable bonds is 3. The summed E-state index contributed by atoms with van der Waals surface area (Å²) in [6.45, 7) is 4.86. The molecule has 1 aliphatic heterocycles. The van der Waals surface area contributed by atoms with Crippen LogP contribution < -0.4 is 5.32 Å². The second-order valence-corrected chi connectivity index (χ2v) is 4.76. The van der Waals surface area contributed by atoms with Crippen LogP contribution in [0, 0.1) is 0 Å². The molecule has 0 spiro atoms. The maximum atomic E-state index is 5.43. The first-order chi connectivity index (χ1) is 7.34. The van der Waals surface area contributed by atoms with E-state index in [1.165, 1.54) is 11.1 Å². The van der Waals surface area contributed by atoms with Crippen molar-refractivity contribution < 1.29 is 4.74 Å². The topological polar surface area (TPSA) is 21.3 Å². The molecule has 2 rings (SSSR count). The van der Waals surface area contributed by atoms with E-state index in [1.54, 1.807) is 11.3 Å². The van der Waals surface area contributed by atoms with Gasteiger partial charge in [-0.1, -0.05) is 11.6 Å². The van der Waals surface area contributed by atoms with Crippen LogP contribution in [0.5, 0.6) is 0 Å².